The van der Waals surface area contributed by atoms with Crippen LogP contribution in [0, 0.1) is 11.3 Å². The van der Waals surface area contributed by atoms with Crippen molar-refractivity contribution >= 4 is 5.91 Å². The lowest BCUT2D eigenvalue weighted by molar-refractivity contribution is 0.00260. The van der Waals surface area contributed by atoms with E-state index in [2.05, 4.69) is 9.97 Å². The lowest BCUT2D eigenvalue weighted by Crippen LogP contribution is -2.43. The van der Waals surface area contributed by atoms with Crippen molar-refractivity contribution in [2.45, 2.75) is 51.0 Å². The molecule has 3 heterocycles. The number of carbonyl (C=O) groups excluding carboxylic acids is 1. The topological polar surface area (TPSA) is 64.6 Å². The normalized spacial score (nSPS) is 25.8. The van der Waals surface area contributed by atoms with Crippen LogP contribution in [-0.2, 0) is 9.47 Å². The van der Waals surface area contributed by atoms with Gasteiger partial charge in [-0.25, -0.2) is 4.98 Å². The van der Waals surface area contributed by atoms with Gasteiger partial charge in [0.1, 0.15) is 5.69 Å². The highest BCUT2D eigenvalue weighted by Gasteiger charge is 2.43. The first-order valence-electron chi connectivity index (χ1n) is 9.99. The molecule has 2 aliphatic heterocycles. The van der Waals surface area contributed by atoms with E-state index in [0.717, 1.165) is 58.1 Å². The standard InChI is InChI=1S/C20H29N3O3/c24-19(18-12-21-7-8-22-18)23-9-5-20(6-10-23)11-17(26-15-20)14-25-13-16-3-1-2-4-16/h7-8,12,16-17H,1-6,9-11,13-15H2/t17-/m0/s1. The summed E-state index contributed by atoms with van der Waals surface area (Å²) in [4.78, 5) is 22.5. The number of aromatic nitrogens is 2. The highest BCUT2D eigenvalue weighted by Crippen LogP contribution is 2.42. The Balaban J connectivity index is 1.22. The van der Waals surface area contributed by atoms with Crippen LogP contribution in [0.4, 0.5) is 0 Å². The Hall–Kier alpha value is -1.53. The second kappa shape index (κ2) is 8.01. The van der Waals surface area contributed by atoms with E-state index in [4.69, 9.17) is 9.47 Å². The predicted molar refractivity (Wildman–Crippen MR) is 96.7 cm³/mol. The van der Waals surface area contributed by atoms with Crippen molar-refractivity contribution in [3.05, 3.63) is 24.3 Å². The van der Waals surface area contributed by atoms with Crippen LogP contribution in [0.25, 0.3) is 0 Å². The van der Waals surface area contributed by atoms with Gasteiger partial charge in [-0.15, -0.1) is 0 Å². The van der Waals surface area contributed by atoms with Crippen molar-refractivity contribution in [2.75, 3.05) is 32.9 Å². The molecule has 3 aliphatic rings. The van der Waals surface area contributed by atoms with Gasteiger partial charge in [-0.1, -0.05) is 12.8 Å². The lowest BCUT2D eigenvalue weighted by atomic mass is 9.76. The number of piperidine rings is 1. The summed E-state index contributed by atoms with van der Waals surface area (Å²) in [6.07, 6.45) is 13.4. The Labute approximate surface area is 155 Å². The van der Waals surface area contributed by atoms with Gasteiger partial charge in [-0.05, 0) is 43.4 Å². The first kappa shape index (κ1) is 17.9. The minimum absolute atomic E-state index is 0.0108. The molecule has 2 saturated heterocycles. The molecule has 0 bridgehead atoms. The Morgan fingerprint density at radius 2 is 2.04 bits per heavy atom. The number of hydrogen-bond acceptors (Lipinski definition) is 5. The zero-order chi connectivity index (χ0) is 17.8. The maximum absolute atomic E-state index is 12.5. The van der Waals surface area contributed by atoms with Gasteiger partial charge in [0.25, 0.3) is 5.91 Å². The fourth-order valence-corrected chi connectivity index (χ4v) is 4.65. The van der Waals surface area contributed by atoms with Gasteiger partial charge in [0.2, 0.25) is 0 Å². The van der Waals surface area contributed by atoms with Crippen molar-refractivity contribution in [2.24, 2.45) is 11.3 Å². The summed E-state index contributed by atoms with van der Waals surface area (Å²) in [7, 11) is 0. The van der Waals surface area contributed by atoms with Crippen LogP contribution < -0.4 is 0 Å². The van der Waals surface area contributed by atoms with Crippen molar-refractivity contribution in [3.8, 4) is 0 Å². The summed E-state index contributed by atoms with van der Waals surface area (Å²) in [5.74, 6) is 0.754. The molecule has 0 radical (unpaired) electrons. The van der Waals surface area contributed by atoms with E-state index in [1.54, 1.807) is 18.6 Å². The van der Waals surface area contributed by atoms with Gasteiger partial charge in [0.05, 0.1) is 25.5 Å². The first-order valence-corrected chi connectivity index (χ1v) is 9.99. The predicted octanol–water partition coefficient (Wildman–Crippen LogP) is 2.69. The van der Waals surface area contributed by atoms with Crippen molar-refractivity contribution in [1.82, 2.24) is 14.9 Å². The third-order valence-corrected chi connectivity index (χ3v) is 6.31. The highest BCUT2D eigenvalue weighted by molar-refractivity contribution is 5.92. The van der Waals surface area contributed by atoms with Crippen molar-refractivity contribution in [3.63, 3.8) is 0 Å². The third kappa shape index (κ3) is 4.07. The second-order valence-corrected chi connectivity index (χ2v) is 8.21. The van der Waals surface area contributed by atoms with Gasteiger partial charge >= 0.3 is 0 Å². The molecular formula is C20H29N3O3. The number of amides is 1. The molecule has 0 aromatic carbocycles. The largest absolute Gasteiger partial charge is 0.378 e. The van der Waals surface area contributed by atoms with Crippen molar-refractivity contribution < 1.29 is 14.3 Å². The van der Waals surface area contributed by atoms with Crippen LogP contribution in [0.3, 0.4) is 0 Å². The average molecular weight is 359 g/mol. The summed E-state index contributed by atoms with van der Waals surface area (Å²) < 4.78 is 12.0. The van der Waals surface area contributed by atoms with E-state index < -0.39 is 0 Å². The maximum atomic E-state index is 12.5. The average Bonchev–Trinajstić information content (AvgIpc) is 3.33. The summed E-state index contributed by atoms with van der Waals surface area (Å²) in [6, 6.07) is 0. The summed E-state index contributed by atoms with van der Waals surface area (Å²) in [5.41, 5.74) is 0.657. The van der Waals surface area contributed by atoms with Gasteiger partial charge in [-0.3, -0.25) is 9.78 Å². The van der Waals surface area contributed by atoms with Crippen molar-refractivity contribution in [1.29, 1.82) is 0 Å². The van der Waals surface area contributed by atoms with Gasteiger partial charge < -0.3 is 14.4 Å². The van der Waals surface area contributed by atoms with E-state index in [9.17, 15) is 4.79 Å². The number of carbonyl (C=O) groups is 1. The smallest absolute Gasteiger partial charge is 0.274 e. The molecule has 0 N–H and O–H groups in total. The summed E-state index contributed by atoms with van der Waals surface area (Å²) in [6.45, 7) is 3.97. The molecule has 26 heavy (non-hydrogen) atoms. The molecule has 142 valence electrons. The highest BCUT2D eigenvalue weighted by atomic mass is 16.5. The second-order valence-electron chi connectivity index (χ2n) is 8.21. The molecule has 1 spiro atoms. The fraction of sp³-hybridized carbons (Fsp3) is 0.750. The van der Waals surface area contributed by atoms with E-state index in [-0.39, 0.29) is 17.4 Å². The fourth-order valence-electron chi connectivity index (χ4n) is 4.65. The van der Waals surface area contributed by atoms with E-state index in [1.165, 1.54) is 25.7 Å². The van der Waals surface area contributed by atoms with E-state index >= 15 is 0 Å². The zero-order valence-corrected chi connectivity index (χ0v) is 15.4. The van der Waals surface area contributed by atoms with Gasteiger partial charge in [-0.2, -0.15) is 0 Å². The van der Waals surface area contributed by atoms with Crippen LogP contribution in [0.2, 0.25) is 0 Å². The van der Waals surface area contributed by atoms with Crippen LogP contribution in [0.15, 0.2) is 18.6 Å². The molecule has 1 aliphatic carbocycles. The molecular weight excluding hydrogens is 330 g/mol. The number of rotatable bonds is 5. The molecule has 6 heteroatoms. The third-order valence-electron chi connectivity index (χ3n) is 6.31. The monoisotopic (exact) mass is 359 g/mol. The molecule has 6 nitrogen and oxygen atoms in total. The minimum Gasteiger partial charge on any atom is -0.378 e. The Bertz CT molecular complexity index is 596. The Kier molecular flexibility index (Phi) is 5.50. The summed E-state index contributed by atoms with van der Waals surface area (Å²) in [5, 5.41) is 0. The van der Waals surface area contributed by atoms with Crippen LogP contribution in [0.5, 0.6) is 0 Å². The number of nitrogens with zero attached hydrogens (tertiary/aromatic N) is 3. The molecule has 1 aromatic heterocycles. The van der Waals surface area contributed by atoms with E-state index in [1.807, 2.05) is 4.90 Å². The number of likely N-dealkylation sites (tertiary alicyclic amines) is 1. The molecule has 1 atom stereocenters. The first-order chi connectivity index (χ1) is 12.7. The zero-order valence-electron chi connectivity index (χ0n) is 15.4. The van der Waals surface area contributed by atoms with Gasteiger partial charge in [0, 0.05) is 32.1 Å². The Morgan fingerprint density at radius 3 is 2.77 bits per heavy atom. The van der Waals surface area contributed by atoms with E-state index in [0.29, 0.717) is 5.69 Å². The van der Waals surface area contributed by atoms with Crippen LogP contribution >= 0.6 is 0 Å². The molecule has 0 unspecified atom stereocenters. The lowest BCUT2D eigenvalue weighted by Gasteiger charge is -2.38. The molecule has 3 fully saturated rings. The quantitative estimate of drug-likeness (QED) is 0.809. The van der Waals surface area contributed by atoms with Crippen LogP contribution in [-0.4, -0.2) is 59.8 Å². The maximum Gasteiger partial charge on any atom is 0.274 e. The Morgan fingerprint density at radius 1 is 1.23 bits per heavy atom. The number of ether oxygens (including phenoxy) is 2. The molecule has 1 aromatic rings. The minimum atomic E-state index is -0.0108. The molecule has 4 rings (SSSR count). The molecule has 1 saturated carbocycles. The summed E-state index contributed by atoms with van der Waals surface area (Å²) >= 11 is 0. The SMILES string of the molecule is O=C(c1cnccn1)N1CCC2(CC1)CO[C@H](COCC1CCCC1)C2. The van der Waals surface area contributed by atoms with Crippen LogP contribution in [0.1, 0.15) is 55.4 Å². The number of hydrogen-bond donors (Lipinski definition) is 0. The van der Waals surface area contributed by atoms with Gasteiger partial charge in [0.15, 0.2) is 0 Å². The molecule has 1 amide bonds.